The molecule has 2 aromatic heterocycles. The summed E-state index contributed by atoms with van der Waals surface area (Å²) in [6.45, 7) is 5.76. The minimum Gasteiger partial charge on any atom is -0.497 e. The third kappa shape index (κ3) is 7.68. The van der Waals surface area contributed by atoms with Gasteiger partial charge in [-0.05, 0) is 127 Å². The van der Waals surface area contributed by atoms with Crippen LogP contribution in [0.3, 0.4) is 0 Å². The molecule has 0 radical (unpaired) electrons. The summed E-state index contributed by atoms with van der Waals surface area (Å²) in [5.41, 5.74) is 6.86. The van der Waals surface area contributed by atoms with E-state index in [9.17, 15) is 9.59 Å². The lowest BCUT2D eigenvalue weighted by molar-refractivity contribution is -0.0365. The number of hydrogen-bond donors (Lipinski definition) is 3. The summed E-state index contributed by atoms with van der Waals surface area (Å²) in [5.74, 6) is 1.52. The van der Waals surface area contributed by atoms with E-state index in [0.29, 0.717) is 24.2 Å². The smallest absolute Gasteiger partial charge is 0.251 e. The average Bonchev–Trinajstić information content (AvgIpc) is 3.88. The third-order valence-corrected chi connectivity index (χ3v) is 10.5. The van der Waals surface area contributed by atoms with E-state index in [4.69, 9.17) is 19.3 Å². The predicted molar refractivity (Wildman–Crippen MR) is 230 cm³/mol. The molecule has 0 aliphatic carbocycles. The Morgan fingerprint density at radius 1 is 0.690 bits per heavy atom. The normalized spacial score (nSPS) is 14.0. The highest BCUT2D eigenvalue weighted by Crippen LogP contribution is 2.36. The van der Waals surface area contributed by atoms with Crippen molar-refractivity contribution < 1.29 is 23.8 Å². The van der Waals surface area contributed by atoms with E-state index < -0.39 is 0 Å². The maximum atomic E-state index is 12.5. The van der Waals surface area contributed by atoms with Gasteiger partial charge in [-0.2, -0.15) is 10.2 Å². The Balaban J connectivity index is 0.000000165. The summed E-state index contributed by atoms with van der Waals surface area (Å²) in [7, 11) is 3.34. The van der Waals surface area contributed by atoms with E-state index in [-0.39, 0.29) is 18.0 Å². The second-order valence-corrected chi connectivity index (χ2v) is 14.3. The number of methoxy groups -OCH3 is 2. The maximum absolute atomic E-state index is 12.5. The predicted octanol–water partition coefficient (Wildman–Crippen LogP) is 9.46. The molecule has 3 N–H and O–H groups in total. The third-order valence-electron chi connectivity index (χ3n) is 10.5. The molecule has 58 heavy (non-hydrogen) atoms. The van der Waals surface area contributed by atoms with Gasteiger partial charge in [0.15, 0.2) is 6.23 Å². The number of nitrogens with one attached hydrogen (secondary N) is 3. The quantitative estimate of drug-likeness (QED) is 0.133. The van der Waals surface area contributed by atoms with Gasteiger partial charge in [0.2, 0.25) is 0 Å². The monoisotopic (exact) mass is 774 g/mol. The summed E-state index contributed by atoms with van der Waals surface area (Å²) in [4.78, 5) is 24.6. The summed E-state index contributed by atoms with van der Waals surface area (Å²) < 4.78 is 18.7. The fourth-order valence-corrected chi connectivity index (χ4v) is 7.53. The molecule has 1 saturated heterocycles. The van der Waals surface area contributed by atoms with Crippen LogP contribution in [0.2, 0.25) is 0 Å². The van der Waals surface area contributed by atoms with Crippen molar-refractivity contribution in [3.63, 3.8) is 0 Å². The highest BCUT2D eigenvalue weighted by molar-refractivity contribution is 6.04. The molecule has 3 heterocycles. The molecule has 1 aliphatic rings. The molecular weight excluding hydrogens is 729 g/mol. The number of ether oxygens (including phenoxy) is 3. The Morgan fingerprint density at radius 2 is 1.26 bits per heavy atom. The molecule has 11 heteroatoms. The van der Waals surface area contributed by atoms with E-state index >= 15 is 0 Å². The van der Waals surface area contributed by atoms with E-state index in [2.05, 4.69) is 57.2 Å². The first-order valence-corrected chi connectivity index (χ1v) is 19.7. The fraction of sp³-hybridized carbons (Fsp3) is 0.234. The second-order valence-electron chi connectivity index (χ2n) is 14.3. The molecule has 1 atom stereocenters. The molecule has 11 nitrogen and oxygen atoms in total. The number of benzene rings is 6. The van der Waals surface area contributed by atoms with Crippen molar-refractivity contribution in [1.82, 2.24) is 30.6 Å². The van der Waals surface area contributed by atoms with Gasteiger partial charge >= 0.3 is 0 Å². The second kappa shape index (κ2) is 16.8. The number of hydrogen-bond acceptors (Lipinski definition) is 7. The number of nitrogens with zero attached hydrogens (tertiary/aromatic N) is 3. The van der Waals surface area contributed by atoms with Crippen molar-refractivity contribution in [3.8, 4) is 34.0 Å². The molecule has 0 bridgehead atoms. The van der Waals surface area contributed by atoms with E-state index in [0.717, 1.165) is 103 Å². The molecule has 294 valence electrons. The van der Waals surface area contributed by atoms with Crippen molar-refractivity contribution >= 4 is 55.2 Å². The van der Waals surface area contributed by atoms with Crippen LogP contribution in [0, 0.1) is 0 Å². The minimum atomic E-state index is -0.0833. The van der Waals surface area contributed by atoms with Crippen molar-refractivity contribution in [3.05, 3.63) is 120 Å². The van der Waals surface area contributed by atoms with Crippen LogP contribution < -0.4 is 20.1 Å². The first-order chi connectivity index (χ1) is 28.4. The molecule has 9 rings (SSSR count). The lowest BCUT2D eigenvalue weighted by Gasteiger charge is -2.23. The standard InChI is InChI=1S/C26H27N3O3.C21H19N3O2/c1-3-27-26(30)20-10-12-23-22(16-20)25(28-29(23)24-6-4-5-13-32-24)19-8-7-18-15-21(31-2)11-9-17(18)14-19;1-3-22-21(25)16-7-9-19-18(12-16)20(24-23-19)15-5-4-14-11-17(26-2)8-6-13(14)10-15/h7-12,14-16,24H,3-6,13H2,1-2H3,(H,27,30);4-12H,3H2,1-2H3,(H,22,25)(H,23,24). The lowest BCUT2D eigenvalue weighted by Crippen LogP contribution is -2.22. The molecule has 2 amide bonds. The molecule has 0 saturated carbocycles. The highest BCUT2D eigenvalue weighted by atomic mass is 16.5. The van der Waals surface area contributed by atoms with E-state index in [1.807, 2.05) is 91.3 Å². The van der Waals surface area contributed by atoms with Gasteiger partial charge in [0, 0.05) is 52.7 Å². The van der Waals surface area contributed by atoms with Crippen LogP contribution in [-0.4, -0.2) is 65.7 Å². The van der Waals surface area contributed by atoms with Crippen molar-refractivity contribution in [2.24, 2.45) is 0 Å². The zero-order chi connectivity index (χ0) is 40.2. The molecule has 1 aliphatic heterocycles. The molecule has 8 aromatic rings. The molecule has 1 unspecified atom stereocenters. The van der Waals surface area contributed by atoms with E-state index in [1.54, 1.807) is 14.2 Å². The highest BCUT2D eigenvalue weighted by Gasteiger charge is 2.23. The van der Waals surface area contributed by atoms with Gasteiger partial charge in [-0.15, -0.1) is 0 Å². The van der Waals surface area contributed by atoms with E-state index in [1.165, 1.54) is 0 Å². The molecule has 6 aromatic carbocycles. The summed E-state index contributed by atoms with van der Waals surface area (Å²) in [5, 5.41) is 24.6. The SMILES string of the molecule is CCNC(=O)c1ccc2[nH]nc(-c3ccc4cc(OC)ccc4c3)c2c1.CCNC(=O)c1ccc2c(c1)c(-c1ccc3cc(OC)ccc3c1)nn2C1CCCCO1. The van der Waals surface area contributed by atoms with Gasteiger partial charge < -0.3 is 24.8 Å². The van der Waals surface area contributed by atoms with Gasteiger partial charge in [0.05, 0.1) is 30.9 Å². The first kappa shape index (κ1) is 38.2. The Bertz CT molecular complexity index is 2780. The number of aromatic amines is 1. The average molecular weight is 775 g/mol. The molecule has 0 spiro atoms. The number of carbonyl (C=O) groups excluding carboxylic acids is 2. The van der Waals surface area contributed by atoms with Crippen molar-refractivity contribution in [2.45, 2.75) is 39.3 Å². The Kier molecular flexibility index (Phi) is 11.0. The molecular formula is C47H46N6O5. The van der Waals surface area contributed by atoms with Crippen LogP contribution in [0.4, 0.5) is 0 Å². The van der Waals surface area contributed by atoms with Crippen LogP contribution >= 0.6 is 0 Å². The number of amides is 2. The summed E-state index contributed by atoms with van der Waals surface area (Å²) in [6.07, 6.45) is 3.06. The van der Waals surface area contributed by atoms with Crippen LogP contribution in [0.5, 0.6) is 11.5 Å². The largest absolute Gasteiger partial charge is 0.497 e. The van der Waals surface area contributed by atoms with Crippen LogP contribution in [0.1, 0.15) is 60.1 Å². The number of rotatable bonds is 9. The van der Waals surface area contributed by atoms with Crippen molar-refractivity contribution in [1.29, 1.82) is 0 Å². The fourth-order valence-electron chi connectivity index (χ4n) is 7.53. The lowest BCUT2D eigenvalue weighted by atomic mass is 10.0. The number of carbonyl (C=O) groups is 2. The number of aromatic nitrogens is 4. The summed E-state index contributed by atoms with van der Waals surface area (Å²) in [6, 6.07) is 35.9. The Morgan fingerprint density at radius 3 is 1.84 bits per heavy atom. The van der Waals surface area contributed by atoms with Crippen LogP contribution in [0.15, 0.2) is 109 Å². The number of fused-ring (bicyclic) bond motifs is 4. The molecule has 1 fully saturated rings. The topological polar surface area (TPSA) is 132 Å². The van der Waals surface area contributed by atoms with Crippen LogP contribution in [-0.2, 0) is 4.74 Å². The van der Waals surface area contributed by atoms with Crippen LogP contribution in [0.25, 0.3) is 65.9 Å². The van der Waals surface area contributed by atoms with Gasteiger partial charge in [-0.1, -0.05) is 36.4 Å². The summed E-state index contributed by atoms with van der Waals surface area (Å²) >= 11 is 0. The maximum Gasteiger partial charge on any atom is 0.251 e. The van der Waals surface area contributed by atoms with Gasteiger partial charge in [0.25, 0.3) is 11.8 Å². The Labute approximate surface area is 336 Å². The van der Waals surface area contributed by atoms with Gasteiger partial charge in [-0.25, -0.2) is 4.68 Å². The zero-order valence-corrected chi connectivity index (χ0v) is 33.1. The van der Waals surface area contributed by atoms with Crippen molar-refractivity contribution in [2.75, 3.05) is 33.9 Å². The number of H-pyrrole nitrogens is 1. The van der Waals surface area contributed by atoms with Gasteiger partial charge in [0.1, 0.15) is 17.2 Å². The Hall–Kier alpha value is -6.72. The zero-order valence-electron chi connectivity index (χ0n) is 33.1. The first-order valence-electron chi connectivity index (χ1n) is 19.7. The minimum absolute atomic E-state index is 0.0763. The van der Waals surface area contributed by atoms with Gasteiger partial charge in [-0.3, -0.25) is 14.7 Å².